The summed E-state index contributed by atoms with van der Waals surface area (Å²) in [6, 6.07) is 3.74. The van der Waals surface area contributed by atoms with E-state index >= 15 is 0 Å². The number of piperidine rings is 1. The van der Waals surface area contributed by atoms with E-state index in [9.17, 15) is 14.0 Å². The molecule has 1 saturated heterocycles. The van der Waals surface area contributed by atoms with Gasteiger partial charge >= 0.3 is 5.97 Å². The van der Waals surface area contributed by atoms with Gasteiger partial charge in [-0.25, -0.2) is 4.39 Å². The number of methoxy groups -OCH3 is 1. The monoisotopic (exact) mass is 313 g/mol. The second kappa shape index (κ2) is 6.89. The van der Waals surface area contributed by atoms with Crippen molar-refractivity contribution in [2.75, 3.05) is 13.7 Å². The molecular weight excluding hydrogens is 297 g/mol. The van der Waals surface area contributed by atoms with E-state index in [1.54, 1.807) is 4.90 Å². The van der Waals surface area contributed by atoms with Crippen LogP contribution in [0.3, 0.4) is 0 Å². The Hall–Kier alpha value is -1.62. The molecule has 1 amide bonds. The Kier molecular flexibility index (Phi) is 5.17. The van der Waals surface area contributed by atoms with Gasteiger partial charge in [-0.05, 0) is 37.5 Å². The largest absolute Gasteiger partial charge is 0.469 e. The number of hydrogen-bond donors (Lipinski definition) is 0. The first-order chi connectivity index (χ1) is 10.0. The first-order valence-electron chi connectivity index (χ1n) is 6.85. The number of amides is 1. The fourth-order valence-electron chi connectivity index (χ4n) is 2.57. The normalized spacial score (nSPS) is 18.4. The average molecular weight is 314 g/mol. The number of carbonyl (C=O) groups excluding carboxylic acids is 2. The molecule has 114 valence electrons. The molecule has 1 atom stereocenters. The maximum atomic E-state index is 13.9. The van der Waals surface area contributed by atoms with Gasteiger partial charge in [0.15, 0.2) is 0 Å². The van der Waals surface area contributed by atoms with Crippen LogP contribution in [0.25, 0.3) is 0 Å². The van der Waals surface area contributed by atoms with Crippen LogP contribution in [0.2, 0.25) is 5.02 Å². The third kappa shape index (κ3) is 3.73. The number of carbonyl (C=O) groups is 2. The van der Waals surface area contributed by atoms with Gasteiger partial charge in [0.2, 0.25) is 0 Å². The van der Waals surface area contributed by atoms with Crippen LogP contribution in [0.5, 0.6) is 0 Å². The van der Waals surface area contributed by atoms with Crippen molar-refractivity contribution in [3.8, 4) is 0 Å². The Morgan fingerprint density at radius 2 is 2.19 bits per heavy atom. The van der Waals surface area contributed by atoms with Crippen molar-refractivity contribution >= 4 is 23.5 Å². The molecule has 1 aliphatic heterocycles. The zero-order valence-electron chi connectivity index (χ0n) is 11.8. The Labute approximate surface area is 127 Å². The van der Waals surface area contributed by atoms with E-state index in [1.807, 2.05) is 0 Å². The number of rotatable bonds is 3. The minimum atomic E-state index is -0.644. The lowest BCUT2D eigenvalue weighted by Crippen LogP contribution is -2.45. The molecule has 0 bridgehead atoms. The summed E-state index contributed by atoms with van der Waals surface area (Å²) < 4.78 is 18.5. The smallest absolute Gasteiger partial charge is 0.307 e. The van der Waals surface area contributed by atoms with Crippen molar-refractivity contribution < 1.29 is 18.7 Å². The minimum absolute atomic E-state index is 0.0174. The Balaban J connectivity index is 2.20. The molecular formula is C15H17ClFNO3. The van der Waals surface area contributed by atoms with Gasteiger partial charge in [0.05, 0.1) is 19.1 Å². The van der Waals surface area contributed by atoms with Crippen LogP contribution in [0.4, 0.5) is 4.39 Å². The summed E-state index contributed by atoms with van der Waals surface area (Å²) in [6.45, 7) is 0.516. The van der Waals surface area contributed by atoms with Crippen molar-refractivity contribution in [3.05, 3.63) is 34.6 Å². The van der Waals surface area contributed by atoms with Crippen LogP contribution in [-0.4, -0.2) is 36.5 Å². The number of nitrogens with zero attached hydrogens (tertiary/aromatic N) is 1. The number of ether oxygens (including phenoxy) is 1. The summed E-state index contributed by atoms with van der Waals surface area (Å²) in [6.07, 6.45) is 2.64. The number of hydrogen-bond acceptors (Lipinski definition) is 3. The number of esters is 1. The molecule has 0 saturated carbocycles. The third-order valence-electron chi connectivity index (χ3n) is 3.68. The molecule has 1 aliphatic rings. The van der Waals surface area contributed by atoms with Crippen molar-refractivity contribution in [1.29, 1.82) is 0 Å². The van der Waals surface area contributed by atoms with Gasteiger partial charge in [0.25, 0.3) is 5.91 Å². The third-order valence-corrected chi connectivity index (χ3v) is 3.91. The Morgan fingerprint density at radius 1 is 1.43 bits per heavy atom. The van der Waals surface area contributed by atoms with Gasteiger partial charge in [0.1, 0.15) is 5.82 Å². The highest BCUT2D eigenvalue weighted by molar-refractivity contribution is 6.30. The van der Waals surface area contributed by atoms with E-state index < -0.39 is 11.7 Å². The quantitative estimate of drug-likeness (QED) is 0.806. The number of halogens is 2. The van der Waals surface area contributed by atoms with E-state index in [2.05, 4.69) is 4.74 Å². The van der Waals surface area contributed by atoms with Crippen LogP contribution >= 0.6 is 11.6 Å². The highest BCUT2D eigenvalue weighted by atomic mass is 35.5. The van der Waals surface area contributed by atoms with Crippen molar-refractivity contribution in [3.63, 3.8) is 0 Å². The molecule has 0 radical (unpaired) electrons. The van der Waals surface area contributed by atoms with E-state index in [4.69, 9.17) is 11.6 Å². The maximum absolute atomic E-state index is 13.9. The molecule has 0 spiro atoms. The molecule has 1 fully saturated rings. The minimum Gasteiger partial charge on any atom is -0.469 e. The van der Waals surface area contributed by atoms with Gasteiger partial charge < -0.3 is 9.64 Å². The standard InChI is InChI=1S/C15H17ClFNO3/c1-21-14(19)9-11-4-2-3-7-18(11)15(20)12-6-5-10(16)8-13(12)17/h5-6,8,11H,2-4,7,9H2,1H3. The molecule has 1 aromatic rings. The molecule has 0 aromatic heterocycles. The molecule has 21 heavy (non-hydrogen) atoms. The summed E-state index contributed by atoms with van der Waals surface area (Å²) in [5.41, 5.74) is -0.0174. The van der Waals surface area contributed by atoms with Crippen LogP contribution in [0, 0.1) is 5.82 Å². The molecule has 1 aromatic carbocycles. The van der Waals surface area contributed by atoms with Crippen molar-refractivity contribution in [2.24, 2.45) is 0 Å². The predicted octanol–water partition coefficient (Wildman–Crippen LogP) is 3.04. The van der Waals surface area contributed by atoms with Crippen LogP contribution in [0.15, 0.2) is 18.2 Å². The van der Waals surface area contributed by atoms with Gasteiger partial charge in [-0.2, -0.15) is 0 Å². The predicted molar refractivity (Wildman–Crippen MR) is 76.7 cm³/mol. The van der Waals surface area contributed by atoms with Gasteiger partial charge in [-0.3, -0.25) is 9.59 Å². The number of benzene rings is 1. The molecule has 4 nitrogen and oxygen atoms in total. The van der Waals surface area contributed by atoms with Gasteiger partial charge in [-0.15, -0.1) is 0 Å². The first-order valence-corrected chi connectivity index (χ1v) is 7.23. The lowest BCUT2D eigenvalue weighted by molar-refractivity contribution is -0.142. The highest BCUT2D eigenvalue weighted by Crippen LogP contribution is 2.24. The second-order valence-corrected chi connectivity index (χ2v) is 5.49. The van der Waals surface area contributed by atoms with Crippen LogP contribution < -0.4 is 0 Å². The molecule has 2 rings (SSSR count). The van der Waals surface area contributed by atoms with E-state index in [1.165, 1.54) is 19.2 Å². The first kappa shape index (κ1) is 15.8. The van der Waals surface area contributed by atoms with Crippen molar-refractivity contribution in [1.82, 2.24) is 4.90 Å². The Morgan fingerprint density at radius 3 is 2.86 bits per heavy atom. The summed E-state index contributed by atoms with van der Waals surface area (Å²) in [5.74, 6) is -1.41. The molecule has 1 heterocycles. The summed E-state index contributed by atoms with van der Waals surface area (Å²) in [7, 11) is 1.32. The highest BCUT2D eigenvalue weighted by Gasteiger charge is 2.30. The van der Waals surface area contributed by atoms with Crippen LogP contribution in [0.1, 0.15) is 36.0 Å². The fourth-order valence-corrected chi connectivity index (χ4v) is 2.73. The van der Waals surface area contributed by atoms with Crippen molar-refractivity contribution in [2.45, 2.75) is 31.7 Å². The molecule has 1 unspecified atom stereocenters. The maximum Gasteiger partial charge on any atom is 0.307 e. The van der Waals surface area contributed by atoms with E-state index in [0.29, 0.717) is 6.54 Å². The fraction of sp³-hybridized carbons (Fsp3) is 0.467. The zero-order valence-corrected chi connectivity index (χ0v) is 12.5. The zero-order chi connectivity index (χ0) is 15.4. The summed E-state index contributed by atoms with van der Waals surface area (Å²) in [5, 5.41) is 0.244. The summed E-state index contributed by atoms with van der Waals surface area (Å²) >= 11 is 5.70. The summed E-state index contributed by atoms with van der Waals surface area (Å²) in [4.78, 5) is 25.5. The molecule has 0 aliphatic carbocycles. The second-order valence-electron chi connectivity index (χ2n) is 5.05. The molecule has 0 N–H and O–H groups in total. The lowest BCUT2D eigenvalue weighted by Gasteiger charge is -2.35. The Bertz CT molecular complexity index is 550. The van der Waals surface area contributed by atoms with E-state index in [0.717, 1.165) is 25.3 Å². The topological polar surface area (TPSA) is 46.6 Å². The molecule has 6 heteroatoms. The average Bonchev–Trinajstić information content (AvgIpc) is 2.47. The van der Waals surface area contributed by atoms with Crippen LogP contribution in [-0.2, 0) is 9.53 Å². The SMILES string of the molecule is COC(=O)CC1CCCCN1C(=O)c1ccc(Cl)cc1F. The lowest BCUT2D eigenvalue weighted by atomic mass is 9.98. The van der Waals surface area contributed by atoms with Gasteiger partial charge in [-0.1, -0.05) is 11.6 Å². The van der Waals surface area contributed by atoms with E-state index in [-0.39, 0.29) is 29.0 Å². The van der Waals surface area contributed by atoms with Gasteiger partial charge in [0, 0.05) is 17.6 Å². The number of likely N-dealkylation sites (tertiary alicyclic amines) is 1.